The minimum Gasteiger partial charge on any atom is -0.465 e. The molecule has 0 unspecified atom stereocenters. The Morgan fingerprint density at radius 2 is 2.00 bits per heavy atom. The van der Waals surface area contributed by atoms with E-state index in [9.17, 15) is 9.59 Å². The van der Waals surface area contributed by atoms with E-state index >= 15 is 0 Å². The Balaban J connectivity index is 1.60. The normalized spacial score (nSPS) is 17.4. The number of nitrogens with one attached hydrogen (secondary N) is 1. The van der Waals surface area contributed by atoms with Crippen LogP contribution in [0.3, 0.4) is 0 Å². The number of aryl methyl sites for hydroxylation is 1. The van der Waals surface area contributed by atoms with Crippen molar-refractivity contribution in [2.45, 2.75) is 18.9 Å². The van der Waals surface area contributed by atoms with Crippen LogP contribution in [0, 0.1) is 0 Å². The van der Waals surface area contributed by atoms with Gasteiger partial charge in [-0.25, -0.2) is 4.79 Å². The number of benzene rings is 1. The lowest BCUT2D eigenvalue weighted by Gasteiger charge is -2.24. The summed E-state index contributed by atoms with van der Waals surface area (Å²) in [7, 11) is 3.38. The van der Waals surface area contributed by atoms with Crippen molar-refractivity contribution in [3.8, 4) is 0 Å². The van der Waals surface area contributed by atoms with Crippen molar-refractivity contribution in [3.63, 3.8) is 0 Å². The highest BCUT2D eigenvalue weighted by Crippen LogP contribution is 2.31. The van der Waals surface area contributed by atoms with Gasteiger partial charge < -0.3 is 14.6 Å². The van der Waals surface area contributed by atoms with Gasteiger partial charge in [0.05, 0.1) is 25.3 Å². The topological polar surface area (TPSA) is 63.6 Å². The number of carbonyl (C=O) groups is 2. The molecule has 6 heteroatoms. The summed E-state index contributed by atoms with van der Waals surface area (Å²) in [6.07, 6.45) is 4.20. The van der Waals surface area contributed by atoms with Gasteiger partial charge >= 0.3 is 5.97 Å². The van der Waals surface area contributed by atoms with Crippen molar-refractivity contribution < 1.29 is 14.3 Å². The van der Waals surface area contributed by atoms with Crippen molar-refractivity contribution in [2.24, 2.45) is 7.05 Å². The Morgan fingerprint density at radius 3 is 2.64 bits per heavy atom. The number of carbonyl (C=O) groups excluding carboxylic acids is 2. The second-order valence-corrected chi connectivity index (χ2v) is 6.29. The first-order chi connectivity index (χ1) is 12.1. The van der Waals surface area contributed by atoms with E-state index in [2.05, 4.69) is 25.6 Å². The second-order valence-electron chi connectivity index (χ2n) is 6.29. The number of amides is 1. The molecule has 25 heavy (non-hydrogen) atoms. The van der Waals surface area contributed by atoms with Gasteiger partial charge in [0.1, 0.15) is 0 Å². The van der Waals surface area contributed by atoms with E-state index in [1.54, 1.807) is 24.3 Å². The molecule has 0 bridgehead atoms. The lowest BCUT2D eigenvalue weighted by atomic mass is 10.1. The number of hydrogen-bond donors (Lipinski definition) is 1. The summed E-state index contributed by atoms with van der Waals surface area (Å²) < 4.78 is 6.79. The van der Waals surface area contributed by atoms with Gasteiger partial charge in [-0.3, -0.25) is 9.69 Å². The van der Waals surface area contributed by atoms with Gasteiger partial charge in [-0.1, -0.05) is 0 Å². The molecule has 1 saturated heterocycles. The fourth-order valence-corrected chi connectivity index (χ4v) is 3.36. The second kappa shape index (κ2) is 7.53. The van der Waals surface area contributed by atoms with Crippen molar-refractivity contribution >= 4 is 17.6 Å². The number of aromatic nitrogens is 1. The predicted molar refractivity (Wildman–Crippen MR) is 95.4 cm³/mol. The average molecular weight is 341 g/mol. The van der Waals surface area contributed by atoms with Crippen LogP contribution in [0.15, 0.2) is 42.6 Å². The summed E-state index contributed by atoms with van der Waals surface area (Å²) in [5.74, 6) is -0.438. The van der Waals surface area contributed by atoms with Gasteiger partial charge in [0, 0.05) is 24.6 Å². The van der Waals surface area contributed by atoms with Crippen LogP contribution in [0.1, 0.15) is 34.9 Å². The smallest absolute Gasteiger partial charge is 0.337 e. The molecule has 0 spiro atoms. The Bertz CT molecular complexity index is 752. The Morgan fingerprint density at radius 1 is 1.24 bits per heavy atom. The Labute approximate surface area is 147 Å². The van der Waals surface area contributed by atoms with Crippen LogP contribution >= 0.6 is 0 Å². The van der Waals surface area contributed by atoms with Crippen LogP contribution in [0.4, 0.5) is 5.69 Å². The molecule has 0 saturated carbocycles. The van der Waals surface area contributed by atoms with Crippen LogP contribution in [0.2, 0.25) is 0 Å². The zero-order valence-corrected chi connectivity index (χ0v) is 14.6. The predicted octanol–water partition coefficient (Wildman–Crippen LogP) is 2.59. The van der Waals surface area contributed by atoms with Crippen LogP contribution in [-0.4, -0.2) is 41.5 Å². The maximum atomic E-state index is 12.4. The number of nitrogens with zero attached hydrogens (tertiary/aromatic N) is 2. The van der Waals surface area contributed by atoms with Crippen molar-refractivity contribution in [1.82, 2.24) is 9.47 Å². The molecule has 132 valence electrons. The molecule has 1 atom stereocenters. The lowest BCUT2D eigenvalue weighted by Crippen LogP contribution is -2.33. The zero-order chi connectivity index (χ0) is 17.8. The van der Waals surface area contributed by atoms with Gasteiger partial charge in [0.15, 0.2) is 0 Å². The Kier molecular flexibility index (Phi) is 5.19. The van der Waals surface area contributed by atoms with Crippen LogP contribution in [0.5, 0.6) is 0 Å². The molecule has 1 aliphatic rings. The van der Waals surface area contributed by atoms with E-state index in [0.29, 0.717) is 17.8 Å². The SMILES string of the molecule is COC(=O)c1ccc(NC(=O)CN2CCC[C@H]2c2cccn2C)cc1. The summed E-state index contributed by atoms with van der Waals surface area (Å²) >= 11 is 0. The largest absolute Gasteiger partial charge is 0.465 e. The minimum atomic E-state index is -0.389. The molecule has 6 nitrogen and oxygen atoms in total. The first-order valence-electron chi connectivity index (χ1n) is 8.42. The molecule has 1 amide bonds. The van der Waals surface area contributed by atoms with Crippen molar-refractivity contribution in [2.75, 3.05) is 25.5 Å². The van der Waals surface area contributed by atoms with Crippen LogP contribution < -0.4 is 5.32 Å². The average Bonchev–Trinajstić information content (AvgIpc) is 3.23. The highest BCUT2D eigenvalue weighted by Gasteiger charge is 2.28. The number of hydrogen-bond acceptors (Lipinski definition) is 4. The van der Waals surface area contributed by atoms with E-state index in [1.165, 1.54) is 12.8 Å². The minimum absolute atomic E-state index is 0.0491. The van der Waals surface area contributed by atoms with Gasteiger partial charge in [-0.05, 0) is 55.8 Å². The third-order valence-corrected chi connectivity index (χ3v) is 4.63. The van der Waals surface area contributed by atoms with Gasteiger partial charge in [0.25, 0.3) is 0 Å². The number of esters is 1. The van der Waals surface area contributed by atoms with E-state index in [1.807, 2.05) is 19.3 Å². The molecule has 0 aliphatic carbocycles. The maximum Gasteiger partial charge on any atom is 0.337 e. The molecule has 1 N–H and O–H groups in total. The molecule has 1 fully saturated rings. The molecular formula is C19H23N3O3. The number of rotatable bonds is 5. The quantitative estimate of drug-likeness (QED) is 0.849. The molecule has 0 radical (unpaired) electrons. The molecule has 1 aromatic heterocycles. The number of methoxy groups -OCH3 is 1. The number of anilines is 1. The highest BCUT2D eigenvalue weighted by molar-refractivity contribution is 5.94. The molecule has 2 aromatic rings. The molecule has 1 aliphatic heterocycles. The molecule has 1 aromatic carbocycles. The highest BCUT2D eigenvalue weighted by atomic mass is 16.5. The number of ether oxygens (including phenoxy) is 1. The fraction of sp³-hybridized carbons (Fsp3) is 0.368. The first kappa shape index (κ1) is 17.2. The summed E-state index contributed by atoms with van der Waals surface area (Å²) in [6, 6.07) is 11.1. The molecular weight excluding hydrogens is 318 g/mol. The lowest BCUT2D eigenvalue weighted by molar-refractivity contribution is -0.117. The van der Waals surface area contributed by atoms with E-state index in [0.717, 1.165) is 19.4 Å². The van der Waals surface area contributed by atoms with E-state index in [4.69, 9.17) is 0 Å². The van der Waals surface area contributed by atoms with E-state index < -0.39 is 0 Å². The van der Waals surface area contributed by atoms with Crippen LogP contribution in [-0.2, 0) is 16.6 Å². The fourth-order valence-electron chi connectivity index (χ4n) is 3.36. The van der Waals surface area contributed by atoms with Crippen LogP contribution in [0.25, 0.3) is 0 Å². The van der Waals surface area contributed by atoms with Gasteiger partial charge in [-0.2, -0.15) is 0 Å². The summed E-state index contributed by atoms with van der Waals surface area (Å²) in [5, 5.41) is 2.89. The van der Waals surface area contributed by atoms with Gasteiger partial charge in [0.2, 0.25) is 5.91 Å². The standard InChI is InChI=1S/C19H23N3O3/c1-21-11-3-5-16(21)17-6-4-12-22(17)13-18(23)20-15-9-7-14(8-10-15)19(24)25-2/h3,5,7-11,17H,4,6,12-13H2,1-2H3,(H,20,23)/t17-/m0/s1. The Hall–Kier alpha value is -2.60. The number of likely N-dealkylation sites (tertiary alicyclic amines) is 1. The van der Waals surface area contributed by atoms with Crippen molar-refractivity contribution in [3.05, 3.63) is 53.9 Å². The molecule has 3 rings (SSSR count). The monoisotopic (exact) mass is 341 g/mol. The summed E-state index contributed by atoms with van der Waals surface area (Å²) in [6.45, 7) is 1.28. The zero-order valence-electron chi connectivity index (χ0n) is 14.6. The third-order valence-electron chi connectivity index (χ3n) is 4.63. The van der Waals surface area contributed by atoms with E-state index in [-0.39, 0.29) is 17.9 Å². The van der Waals surface area contributed by atoms with Crippen molar-refractivity contribution in [1.29, 1.82) is 0 Å². The van der Waals surface area contributed by atoms with Gasteiger partial charge in [-0.15, -0.1) is 0 Å². The maximum absolute atomic E-state index is 12.4. The summed E-state index contributed by atoms with van der Waals surface area (Å²) in [4.78, 5) is 26.0. The molecule has 2 heterocycles. The third kappa shape index (κ3) is 3.91. The summed E-state index contributed by atoms with van der Waals surface area (Å²) in [5.41, 5.74) is 2.38. The first-order valence-corrected chi connectivity index (χ1v) is 8.42.